The van der Waals surface area contributed by atoms with E-state index in [0.717, 1.165) is 30.2 Å². The first-order chi connectivity index (χ1) is 13.3. The number of nitrogens with zero attached hydrogens (tertiary/aromatic N) is 1. The lowest BCUT2D eigenvalue weighted by atomic mass is 10.1. The molecule has 0 unspecified atom stereocenters. The lowest BCUT2D eigenvalue weighted by molar-refractivity contribution is 0.0936. The number of aryl methyl sites for hydroxylation is 1. The third-order valence-corrected chi connectivity index (χ3v) is 6.23. The minimum absolute atomic E-state index is 0.0475. The molecule has 1 aliphatic carbocycles. The molecule has 1 N–H and O–H groups in total. The molecular weight excluding hydrogens is 400 g/mol. The second-order valence-electron chi connectivity index (χ2n) is 6.78. The van der Waals surface area contributed by atoms with E-state index in [1.54, 1.807) is 24.3 Å². The Bertz CT molecular complexity index is 961. The van der Waals surface area contributed by atoms with Crippen LogP contribution in [0.2, 0.25) is 5.02 Å². The summed E-state index contributed by atoms with van der Waals surface area (Å²) in [7, 11) is -1.92. The molecule has 0 fully saturated rings. The highest BCUT2D eigenvalue weighted by Gasteiger charge is 2.24. The molecule has 0 bridgehead atoms. The first kappa shape index (κ1) is 20.6. The molecule has 0 heterocycles. The zero-order chi connectivity index (χ0) is 20.3. The van der Waals surface area contributed by atoms with E-state index < -0.39 is 10.0 Å². The van der Waals surface area contributed by atoms with Crippen molar-refractivity contribution in [3.8, 4) is 0 Å². The minimum atomic E-state index is -3.44. The SMILES string of the molecule is COCCN(c1ccc(C(=O)N[C@@H]2CCc3cc(Cl)ccc32)cc1)S(C)(=O)=O. The van der Waals surface area contributed by atoms with Gasteiger partial charge in [0.05, 0.1) is 31.1 Å². The monoisotopic (exact) mass is 422 g/mol. The third kappa shape index (κ3) is 4.66. The molecule has 1 atom stereocenters. The van der Waals surface area contributed by atoms with Crippen LogP contribution in [0.4, 0.5) is 5.69 Å². The van der Waals surface area contributed by atoms with Crippen LogP contribution in [0.15, 0.2) is 42.5 Å². The van der Waals surface area contributed by atoms with E-state index in [4.69, 9.17) is 16.3 Å². The number of amides is 1. The molecule has 0 aromatic heterocycles. The summed E-state index contributed by atoms with van der Waals surface area (Å²) in [6.07, 6.45) is 2.86. The van der Waals surface area contributed by atoms with Crippen LogP contribution >= 0.6 is 11.6 Å². The Balaban J connectivity index is 1.72. The van der Waals surface area contributed by atoms with E-state index >= 15 is 0 Å². The van der Waals surface area contributed by atoms with Crippen LogP contribution in [0.3, 0.4) is 0 Å². The van der Waals surface area contributed by atoms with E-state index in [-0.39, 0.29) is 25.1 Å². The molecule has 0 spiro atoms. The van der Waals surface area contributed by atoms with E-state index in [0.29, 0.717) is 16.3 Å². The number of fused-ring (bicyclic) bond motifs is 1. The van der Waals surface area contributed by atoms with Gasteiger partial charge in [0, 0.05) is 17.7 Å². The predicted molar refractivity (Wildman–Crippen MR) is 110 cm³/mol. The van der Waals surface area contributed by atoms with E-state index in [1.807, 2.05) is 18.2 Å². The zero-order valence-corrected chi connectivity index (χ0v) is 17.4. The predicted octanol–water partition coefficient (Wildman–Crippen LogP) is 3.17. The topological polar surface area (TPSA) is 75.7 Å². The van der Waals surface area contributed by atoms with E-state index in [2.05, 4.69) is 5.32 Å². The van der Waals surface area contributed by atoms with Gasteiger partial charge in [-0.05, 0) is 60.4 Å². The summed E-state index contributed by atoms with van der Waals surface area (Å²) < 4.78 is 30.3. The standard InChI is InChI=1S/C20H23ClN2O4S/c1-27-12-11-23(28(2,25)26)17-7-3-14(4-8-17)20(24)22-19-10-5-15-13-16(21)6-9-18(15)19/h3-4,6-9,13,19H,5,10-12H2,1-2H3,(H,22,24)/t19-/m1/s1. The number of rotatable bonds is 7. The van der Waals surface area contributed by atoms with Crippen molar-refractivity contribution >= 4 is 33.2 Å². The Morgan fingerprint density at radius 3 is 2.61 bits per heavy atom. The largest absolute Gasteiger partial charge is 0.383 e. The van der Waals surface area contributed by atoms with Crippen LogP contribution in [0, 0.1) is 0 Å². The molecular formula is C20H23ClN2O4S. The van der Waals surface area contributed by atoms with Crippen LogP contribution in [0.25, 0.3) is 0 Å². The number of nitrogens with one attached hydrogen (secondary N) is 1. The molecule has 3 rings (SSSR count). The quantitative estimate of drug-likeness (QED) is 0.743. The van der Waals surface area contributed by atoms with Crippen molar-refractivity contribution < 1.29 is 17.9 Å². The van der Waals surface area contributed by atoms with Gasteiger partial charge in [-0.25, -0.2) is 8.42 Å². The summed E-state index contributed by atoms with van der Waals surface area (Å²) in [6.45, 7) is 0.489. The molecule has 0 radical (unpaired) electrons. The molecule has 2 aromatic carbocycles. The first-order valence-corrected chi connectivity index (χ1v) is 11.2. The third-order valence-electron chi connectivity index (χ3n) is 4.80. The fourth-order valence-corrected chi connectivity index (χ4v) is 4.52. The van der Waals surface area contributed by atoms with Gasteiger partial charge in [-0.1, -0.05) is 17.7 Å². The summed E-state index contributed by atoms with van der Waals surface area (Å²) in [6, 6.07) is 12.2. The summed E-state index contributed by atoms with van der Waals surface area (Å²) in [5, 5.41) is 3.75. The number of methoxy groups -OCH3 is 1. The van der Waals surface area contributed by atoms with Gasteiger partial charge < -0.3 is 10.1 Å². The van der Waals surface area contributed by atoms with Crippen molar-refractivity contribution in [1.82, 2.24) is 5.32 Å². The number of halogens is 1. The average Bonchev–Trinajstić information content (AvgIpc) is 3.03. The molecule has 0 aliphatic heterocycles. The van der Waals surface area contributed by atoms with Gasteiger partial charge in [-0.3, -0.25) is 9.10 Å². The molecule has 0 saturated carbocycles. The van der Waals surface area contributed by atoms with Gasteiger partial charge >= 0.3 is 0 Å². The maximum atomic E-state index is 12.6. The first-order valence-electron chi connectivity index (χ1n) is 8.95. The number of ether oxygens (including phenoxy) is 1. The van der Waals surface area contributed by atoms with E-state index in [1.165, 1.54) is 11.4 Å². The number of carbonyl (C=O) groups is 1. The van der Waals surface area contributed by atoms with Gasteiger partial charge in [0.2, 0.25) is 10.0 Å². The van der Waals surface area contributed by atoms with Crippen molar-refractivity contribution in [1.29, 1.82) is 0 Å². The van der Waals surface area contributed by atoms with Crippen molar-refractivity contribution in [2.75, 3.05) is 30.8 Å². The fourth-order valence-electron chi connectivity index (χ4n) is 3.42. The Kier molecular flexibility index (Phi) is 6.27. The van der Waals surface area contributed by atoms with Crippen LogP contribution in [0.5, 0.6) is 0 Å². The van der Waals surface area contributed by atoms with Gasteiger partial charge in [-0.15, -0.1) is 0 Å². The molecule has 28 heavy (non-hydrogen) atoms. The number of hydrogen-bond acceptors (Lipinski definition) is 4. The van der Waals surface area contributed by atoms with Crippen molar-refractivity contribution in [3.05, 3.63) is 64.2 Å². The lowest BCUT2D eigenvalue weighted by Gasteiger charge is -2.22. The minimum Gasteiger partial charge on any atom is -0.383 e. The number of benzene rings is 2. The van der Waals surface area contributed by atoms with Crippen LogP contribution < -0.4 is 9.62 Å². The summed E-state index contributed by atoms with van der Waals surface area (Å²) >= 11 is 6.03. The average molecular weight is 423 g/mol. The van der Waals surface area contributed by atoms with Gasteiger partial charge in [-0.2, -0.15) is 0 Å². The summed E-state index contributed by atoms with van der Waals surface area (Å²) in [5.41, 5.74) is 3.23. The lowest BCUT2D eigenvalue weighted by Crippen LogP contribution is -2.33. The second kappa shape index (κ2) is 8.51. The van der Waals surface area contributed by atoms with Crippen molar-refractivity contribution in [3.63, 3.8) is 0 Å². The number of hydrogen-bond donors (Lipinski definition) is 1. The zero-order valence-electron chi connectivity index (χ0n) is 15.8. The Morgan fingerprint density at radius 1 is 1.25 bits per heavy atom. The summed E-state index contributed by atoms with van der Waals surface area (Å²) in [5.74, 6) is -0.192. The fraction of sp³-hybridized carbons (Fsp3) is 0.350. The molecule has 1 amide bonds. The highest BCUT2D eigenvalue weighted by Crippen LogP contribution is 2.33. The Hall–Kier alpha value is -2.09. The molecule has 1 aliphatic rings. The molecule has 2 aromatic rings. The molecule has 6 nitrogen and oxygen atoms in total. The number of anilines is 1. The van der Waals surface area contributed by atoms with Gasteiger partial charge in [0.25, 0.3) is 5.91 Å². The van der Waals surface area contributed by atoms with Gasteiger partial charge in [0.1, 0.15) is 0 Å². The van der Waals surface area contributed by atoms with Crippen molar-refractivity contribution in [2.24, 2.45) is 0 Å². The van der Waals surface area contributed by atoms with Crippen LogP contribution in [-0.2, 0) is 21.2 Å². The summed E-state index contributed by atoms with van der Waals surface area (Å²) in [4.78, 5) is 12.6. The van der Waals surface area contributed by atoms with Crippen LogP contribution in [-0.4, -0.2) is 40.8 Å². The number of carbonyl (C=O) groups excluding carboxylic acids is 1. The molecule has 8 heteroatoms. The maximum absolute atomic E-state index is 12.6. The normalized spacial score (nSPS) is 15.9. The second-order valence-corrected chi connectivity index (χ2v) is 9.13. The molecule has 0 saturated heterocycles. The highest BCUT2D eigenvalue weighted by atomic mass is 35.5. The van der Waals surface area contributed by atoms with Crippen LogP contribution in [0.1, 0.15) is 33.9 Å². The van der Waals surface area contributed by atoms with Crippen molar-refractivity contribution in [2.45, 2.75) is 18.9 Å². The molecule has 150 valence electrons. The highest BCUT2D eigenvalue weighted by molar-refractivity contribution is 7.92. The Morgan fingerprint density at radius 2 is 1.96 bits per heavy atom. The smallest absolute Gasteiger partial charge is 0.251 e. The Labute approximate surface area is 170 Å². The van der Waals surface area contributed by atoms with E-state index in [9.17, 15) is 13.2 Å². The number of sulfonamides is 1. The maximum Gasteiger partial charge on any atom is 0.251 e. The van der Waals surface area contributed by atoms with Gasteiger partial charge in [0.15, 0.2) is 0 Å².